The predicted octanol–water partition coefficient (Wildman–Crippen LogP) is 2.55. The Morgan fingerprint density at radius 3 is 2.37 bits per heavy atom. The lowest BCUT2D eigenvalue weighted by Crippen LogP contribution is -2.28. The van der Waals surface area contributed by atoms with Gasteiger partial charge in [-0.25, -0.2) is 4.79 Å². The van der Waals surface area contributed by atoms with Crippen LogP contribution in [-0.4, -0.2) is 23.5 Å². The summed E-state index contributed by atoms with van der Waals surface area (Å²) in [5.74, 6) is 0.234. The maximum Gasteiger partial charge on any atom is 0.335 e. The average Bonchev–Trinajstić information content (AvgIpc) is 2.82. The van der Waals surface area contributed by atoms with Gasteiger partial charge in [0.1, 0.15) is 0 Å². The first-order valence-corrected chi connectivity index (χ1v) is 6.68. The highest BCUT2D eigenvalue weighted by atomic mass is 16.4. The zero-order chi connectivity index (χ0) is 13.8. The SMILES string of the molecule is CC1CCC(CNC(=O)c2ccc(C(=O)O)cc2)C1. The highest BCUT2D eigenvalue weighted by Crippen LogP contribution is 2.29. The van der Waals surface area contributed by atoms with Gasteiger partial charge in [0.25, 0.3) is 5.91 Å². The van der Waals surface area contributed by atoms with E-state index in [0.717, 1.165) is 5.92 Å². The quantitative estimate of drug-likeness (QED) is 0.875. The number of nitrogens with one attached hydrogen (secondary N) is 1. The number of carboxylic acid groups (broad SMARTS) is 1. The minimum absolute atomic E-state index is 0.128. The van der Waals surface area contributed by atoms with Crippen LogP contribution in [0.1, 0.15) is 46.9 Å². The van der Waals surface area contributed by atoms with Crippen molar-refractivity contribution in [2.24, 2.45) is 11.8 Å². The van der Waals surface area contributed by atoms with E-state index in [0.29, 0.717) is 18.0 Å². The Labute approximate surface area is 112 Å². The first-order chi connectivity index (χ1) is 9.06. The van der Waals surface area contributed by atoms with Gasteiger partial charge in [0.05, 0.1) is 5.56 Å². The molecule has 102 valence electrons. The van der Waals surface area contributed by atoms with Crippen LogP contribution in [0.4, 0.5) is 0 Å². The van der Waals surface area contributed by atoms with Gasteiger partial charge in [-0.1, -0.05) is 13.3 Å². The van der Waals surface area contributed by atoms with E-state index in [1.165, 1.54) is 31.4 Å². The van der Waals surface area contributed by atoms with Gasteiger partial charge in [-0.2, -0.15) is 0 Å². The number of aromatic carboxylic acids is 1. The Balaban J connectivity index is 1.87. The summed E-state index contributed by atoms with van der Waals surface area (Å²) in [5, 5.41) is 11.7. The fraction of sp³-hybridized carbons (Fsp3) is 0.467. The molecule has 0 aromatic heterocycles. The van der Waals surface area contributed by atoms with E-state index < -0.39 is 5.97 Å². The van der Waals surface area contributed by atoms with Crippen molar-refractivity contribution < 1.29 is 14.7 Å². The monoisotopic (exact) mass is 261 g/mol. The summed E-state index contributed by atoms with van der Waals surface area (Å²) < 4.78 is 0. The van der Waals surface area contributed by atoms with E-state index in [-0.39, 0.29) is 11.5 Å². The molecule has 0 heterocycles. The number of carbonyl (C=O) groups excluding carboxylic acids is 1. The summed E-state index contributed by atoms with van der Waals surface area (Å²) in [7, 11) is 0. The highest BCUT2D eigenvalue weighted by molar-refractivity contribution is 5.95. The molecule has 1 aliphatic rings. The van der Waals surface area contributed by atoms with Gasteiger partial charge in [-0.05, 0) is 48.9 Å². The van der Waals surface area contributed by atoms with Crippen LogP contribution in [-0.2, 0) is 0 Å². The molecule has 1 saturated carbocycles. The van der Waals surface area contributed by atoms with Crippen molar-refractivity contribution in [3.8, 4) is 0 Å². The van der Waals surface area contributed by atoms with Crippen LogP contribution in [0, 0.1) is 11.8 Å². The molecule has 0 spiro atoms. The van der Waals surface area contributed by atoms with Gasteiger partial charge < -0.3 is 10.4 Å². The van der Waals surface area contributed by atoms with E-state index in [2.05, 4.69) is 12.2 Å². The highest BCUT2D eigenvalue weighted by Gasteiger charge is 2.21. The summed E-state index contributed by atoms with van der Waals surface area (Å²) in [6.07, 6.45) is 3.60. The molecule has 0 radical (unpaired) electrons. The molecule has 0 bridgehead atoms. The van der Waals surface area contributed by atoms with Gasteiger partial charge in [0.2, 0.25) is 0 Å². The number of carboxylic acids is 1. The molecule has 1 aliphatic carbocycles. The van der Waals surface area contributed by atoms with E-state index in [4.69, 9.17) is 5.11 Å². The second-order valence-electron chi connectivity index (χ2n) is 5.38. The molecule has 19 heavy (non-hydrogen) atoms. The third kappa shape index (κ3) is 3.56. The summed E-state index contributed by atoms with van der Waals surface area (Å²) in [5.41, 5.74) is 0.706. The molecule has 2 unspecified atom stereocenters. The Morgan fingerprint density at radius 1 is 1.21 bits per heavy atom. The lowest BCUT2D eigenvalue weighted by atomic mass is 10.1. The van der Waals surface area contributed by atoms with Crippen molar-refractivity contribution in [3.63, 3.8) is 0 Å². The summed E-state index contributed by atoms with van der Waals surface area (Å²) in [6.45, 7) is 2.95. The fourth-order valence-corrected chi connectivity index (χ4v) is 2.61. The van der Waals surface area contributed by atoms with Crippen molar-refractivity contribution in [2.45, 2.75) is 26.2 Å². The third-order valence-electron chi connectivity index (χ3n) is 3.75. The standard InChI is InChI=1S/C15H19NO3/c1-10-2-3-11(8-10)9-16-14(17)12-4-6-13(7-5-12)15(18)19/h4-7,10-11H,2-3,8-9H2,1H3,(H,16,17)(H,18,19). The zero-order valence-corrected chi connectivity index (χ0v) is 11.1. The van der Waals surface area contributed by atoms with Crippen molar-refractivity contribution in [1.82, 2.24) is 5.32 Å². The van der Waals surface area contributed by atoms with Crippen molar-refractivity contribution in [3.05, 3.63) is 35.4 Å². The minimum atomic E-state index is -0.980. The lowest BCUT2D eigenvalue weighted by molar-refractivity contribution is 0.0696. The normalized spacial score (nSPS) is 22.2. The molecule has 1 fully saturated rings. The minimum Gasteiger partial charge on any atom is -0.478 e. The Kier molecular flexibility index (Phi) is 4.20. The maximum atomic E-state index is 11.9. The van der Waals surface area contributed by atoms with Gasteiger partial charge in [-0.3, -0.25) is 4.79 Å². The van der Waals surface area contributed by atoms with Crippen LogP contribution in [0.15, 0.2) is 24.3 Å². The molecule has 4 heteroatoms. The smallest absolute Gasteiger partial charge is 0.335 e. The Bertz CT molecular complexity index is 467. The first kappa shape index (κ1) is 13.6. The van der Waals surface area contributed by atoms with Gasteiger partial charge in [-0.15, -0.1) is 0 Å². The van der Waals surface area contributed by atoms with Crippen molar-refractivity contribution in [2.75, 3.05) is 6.54 Å². The largest absolute Gasteiger partial charge is 0.478 e. The number of amides is 1. The molecular weight excluding hydrogens is 242 g/mol. The number of hydrogen-bond acceptors (Lipinski definition) is 2. The molecule has 4 nitrogen and oxygen atoms in total. The van der Waals surface area contributed by atoms with Crippen LogP contribution in [0.25, 0.3) is 0 Å². The van der Waals surface area contributed by atoms with Crippen LogP contribution >= 0.6 is 0 Å². The predicted molar refractivity (Wildman–Crippen MR) is 72.2 cm³/mol. The molecule has 1 aromatic rings. The Hall–Kier alpha value is -1.84. The third-order valence-corrected chi connectivity index (χ3v) is 3.75. The van der Waals surface area contributed by atoms with E-state index >= 15 is 0 Å². The second-order valence-corrected chi connectivity index (χ2v) is 5.38. The van der Waals surface area contributed by atoms with Crippen LogP contribution in [0.3, 0.4) is 0 Å². The van der Waals surface area contributed by atoms with Crippen LogP contribution in [0.2, 0.25) is 0 Å². The average molecular weight is 261 g/mol. The first-order valence-electron chi connectivity index (χ1n) is 6.68. The molecular formula is C15H19NO3. The summed E-state index contributed by atoms with van der Waals surface area (Å²) >= 11 is 0. The molecule has 0 saturated heterocycles. The molecule has 2 N–H and O–H groups in total. The number of rotatable bonds is 4. The summed E-state index contributed by atoms with van der Waals surface area (Å²) in [4.78, 5) is 22.6. The molecule has 0 aliphatic heterocycles. The van der Waals surface area contributed by atoms with E-state index in [1.807, 2.05) is 0 Å². The fourth-order valence-electron chi connectivity index (χ4n) is 2.61. The zero-order valence-electron chi connectivity index (χ0n) is 11.1. The topological polar surface area (TPSA) is 66.4 Å². The van der Waals surface area contributed by atoms with Crippen molar-refractivity contribution in [1.29, 1.82) is 0 Å². The molecule has 2 atom stereocenters. The summed E-state index contributed by atoms with van der Waals surface area (Å²) in [6, 6.07) is 6.01. The van der Waals surface area contributed by atoms with Gasteiger partial charge >= 0.3 is 5.97 Å². The number of carbonyl (C=O) groups is 2. The molecule has 1 amide bonds. The van der Waals surface area contributed by atoms with Crippen molar-refractivity contribution >= 4 is 11.9 Å². The van der Waals surface area contributed by atoms with Gasteiger partial charge in [0, 0.05) is 12.1 Å². The maximum absolute atomic E-state index is 11.9. The Morgan fingerprint density at radius 2 is 1.84 bits per heavy atom. The van der Waals surface area contributed by atoms with Crippen LogP contribution in [0.5, 0.6) is 0 Å². The molecule has 1 aromatic carbocycles. The lowest BCUT2D eigenvalue weighted by Gasteiger charge is -2.11. The van der Waals surface area contributed by atoms with Crippen LogP contribution < -0.4 is 5.32 Å². The van der Waals surface area contributed by atoms with Gasteiger partial charge in [0.15, 0.2) is 0 Å². The number of benzene rings is 1. The van der Waals surface area contributed by atoms with E-state index in [9.17, 15) is 9.59 Å². The number of hydrogen-bond donors (Lipinski definition) is 2. The molecule has 2 rings (SSSR count). The van der Waals surface area contributed by atoms with E-state index in [1.54, 1.807) is 12.1 Å². The second kappa shape index (κ2) is 5.87.